The van der Waals surface area contributed by atoms with Gasteiger partial charge in [0, 0.05) is 24.5 Å². The van der Waals surface area contributed by atoms with Gasteiger partial charge < -0.3 is 19.2 Å². The zero-order chi connectivity index (χ0) is 17.5. The highest BCUT2D eigenvalue weighted by Gasteiger charge is 2.12. The number of ether oxygens (including phenoxy) is 2. The fourth-order valence-corrected chi connectivity index (χ4v) is 2.69. The molecule has 0 radical (unpaired) electrons. The molecule has 0 spiro atoms. The van der Waals surface area contributed by atoms with Crippen LogP contribution in [0, 0.1) is 0 Å². The van der Waals surface area contributed by atoms with Gasteiger partial charge >= 0.3 is 0 Å². The molecule has 0 aliphatic rings. The largest absolute Gasteiger partial charge is 0.493 e. The molecule has 0 aliphatic heterocycles. The van der Waals surface area contributed by atoms with E-state index in [1.54, 1.807) is 25.8 Å². The summed E-state index contributed by atoms with van der Waals surface area (Å²) in [4.78, 5) is 4.07. The average Bonchev–Trinajstić information content (AvgIpc) is 3.15. The minimum atomic E-state index is 0.375. The highest BCUT2D eigenvalue weighted by Crippen LogP contribution is 2.37. The predicted molar refractivity (Wildman–Crippen MR) is 95.8 cm³/mol. The van der Waals surface area contributed by atoms with Gasteiger partial charge in [-0.25, -0.2) is 0 Å². The Hall–Kier alpha value is -2.50. The number of pyridine rings is 1. The predicted octanol–water partition coefficient (Wildman–Crippen LogP) is 4.21. The second-order valence-corrected chi connectivity index (χ2v) is 5.85. The SMILES string of the molecule is COc1cc(CNCc2ccco2)cc(Cl)c1OCc1cccnc1. The molecule has 1 aromatic carbocycles. The van der Waals surface area contributed by atoms with E-state index in [-0.39, 0.29) is 0 Å². The number of nitrogens with one attached hydrogen (secondary N) is 1. The Morgan fingerprint density at radius 2 is 2.08 bits per heavy atom. The molecule has 0 amide bonds. The maximum atomic E-state index is 6.39. The van der Waals surface area contributed by atoms with Crippen molar-refractivity contribution < 1.29 is 13.9 Å². The van der Waals surface area contributed by atoms with Crippen LogP contribution in [0.5, 0.6) is 11.5 Å². The van der Waals surface area contributed by atoms with Crippen LogP contribution in [-0.2, 0) is 19.7 Å². The van der Waals surface area contributed by atoms with Crippen LogP contribution in [0.3, 0.4) is 0 Å². The van der Waals surface area contributed by atoms with Crippen LogP contribution in [0.4, 0.5) is 0 Å². The van der Waals surface area contributed by atoms with E-state index < -0.39 is 0 Å². The van der Waals surface area contributed by atoms with E-state index in [1.165, 1.54) is 0 Å². The van der Waals surface area contributed by atoms with Crippen molar-refractivity contribution in [3.63, 3.8) is 0 Å². The number of rotatable bonds is 8. The van der Waals surface area contributed by atoms with Gasteiger partial charge in [-0.1, -0.05) is 17.7 Å². The lowest BCUT2D eigenvalue weighted by molar-refractivity contribution is 0.284. The van der Waals surface area contributed by atoms with Crippen molar-refractivity contribution in [2.24, 2.45) is 0 Å². The molecule has 3 aromatic rings. The first kappa shape index (κ1) is 17.3. The molecule has 0 atom stereocenters. The summed E-state index contributed by atoms with van der Waals surface area (Å²) in [5, 5.41) is 3.81. The molecule has 0 aliphatic carbocycles. The molecular weight excluding hydrogens is 340 g/mol. The van der Waals surface area contributed by atoms with Crippen LogP contribution in [0.15, 0.2) is 59.5 Å². The van der Waals surface area contributed by atoms with Crippen molar-refractivity contribution in [2.45, 2.75) is 19.7 Å². The minimum Gasteiger partial charge on any atom is -0.493 e. The third-order valence-corrected chi connectivity index (χ3v) is 3.88. The van der Waals surface area contributed by atoms with Crippen LogP contribution >= 0.6 is 11.6 Å². The van der Waals surface area contributed by atoms with Crippen LogP contribution in [0.1, 0.15) is 16.9 Å². The van der Waals surface area contributed by atoms with E-state index in [2.05, 4.69) is 10.3 Å². The smallest absolute Gasteiger partial charge is 0.180 e. The van der Waals surface area contributed by atoms with Gasteiger partial charge in [0.25, 0.3) is 0 Å². The quantitative estimate of drug-likeness (QED) is 0.653. The highest BCUT2D eigenvalue weighted by molar-refractivity contribution is 6.32. The Kier molecular flexibility index (Phi) is 5.93. The zero-order valence-electron chi connectivity index (χ0n) is 13.9. The summed E-state index contributed by atoms with van der Waals surface area (Å²) in [5.41, 5.74) is 1.96. The Morgan fingerprint density at radius 3 is 2.80 bits per heavy atom. The lowest BCUT2D eigenvalue weighted by Gasteiger charge is -2.14. The monoisotopic (exact) mass is 358 g/mol. The summed E-state index contributed by atoms with van der Waals surface area (Å²) >= 11 is 6.39. The summed E-state index contributed by atoms with van der Waals surface area (Å²) in [5.74, 6) is 2.02. The van der Waals surface area contributed by atoms with Crippen molar-refractivity contribution in [1.82, 2.24) is 10.3 Å². The summed E-state index contributed by atoms with van der Waals surface area (Å²) in [6, 6.07) is 11.4. The van der Waals surface area contributed by atoms with E-state index in [4.69, 9.17) is 25.5 Å². The van der Waals surface area contributed by atoms with Gasteiger partial charge in [0.05, 0.1) is 24.9 Å². The molecule has 2 aromatic heterocycles. The molecule has 25 heavy (non-hydrogen) atoms. The summed E-state index contributed by atoms with van der Waals surface area (Å²) in [6.45, 7) is 1.66. The number of methoxy groups -OCH3 is 1. The number of halogens is 1. The number of hydrogen-bond acceptors (Lipinski definition) is 5. The molecular formula is C19H19ClN2O3. The maximum absolute atomic E-state index is 6.39. The molecule has 3 rings (SSSR count). The number of nitrogens with zero attached hydrogens (tertiary/aromatic N) is 1. The summed E-state index contributed by atoms with van der Waals surface area (Å²) in [6.07, 6.45) is 5.14. The van der Waals surface area contributed by atoms with Gasteiger partial charge in [-0.2, -0.15) is 0 Å². The van der Waals surface area contributed by atoms with E-state index >= 15 is 0 Å². The van der Waals surface area contributed by atoms with Crippen LogP contribution in [-0.4, -0.2) is 12.1 Å². The zero-order valence-corrected chi connectivity index (χ0v) is 14.6. The average molecular weight is 359 g/mol. The second kappa shape index (κ2) is 8.55. The van der Waals surface area contributed by atoms with Gasteiger partial charge in [-0.05, 0) is 35.9 Å². The summed E-state index contributed by atoms with van der Waals surface area (Å²) in [7, 11) is 1.60. The van der Waals surface area contributed by atoms with Crippen molar-refractivity contribution in [2.75, 3.05) is 7.11 Å². The molecule has 0 unspecified atom stereocenters. The lowest BCUT2D eigenvalue weighted by Crippen LogP contribution is -2.12. The van der Waals surface area contributed by atoms with Crippen molar-refractivity contribution in [3.05, 3.63) is 77.0 Å². The molecule has 0 bridgehead atoms. The number of hydrogen-bond donors (Lipinski definition) is 1. The van der Waals surface area contributed by atoms with Crippen LogP contribution in [0.2, 0.25) is 5.02 Å². The molecule has 1 N–H and O–H groups in total. The fourth-order valence-electron chi connectivity index (χ4n) is 2.40. The third-order valence-electron chi connectivity index (χ3n) is 3.60. The second-order valence-electron chi connectivity index (χ2n) is 5.44. The number of aromatic nitrogens is 1. The van der Waals surface area contributed by atoms with Gasteiger partial charge in [0.15, 0.2) is 11.5 Å². The van der Waals surface area contributed by atoms with E-state index in [1.807, 2.05) is 36.4 Å². The highest BCUT2D eigenvalue weighted by atomic mass is 35.5. The van der Waals surface area contributed by atoms with E-state index in [0.29, 0.717) is 36.2 Å². The first-order valence-electron chi connectivity index (χ1n) is 7.87. The lowest BCUT2D eigenvalue weighted by atomic mass is 10.2. The van der Waals surface area contributed by atoms with E-state index in [0.717, 1.165) is 16.9 Å². The van der Waals surface area contributed by atoms with Gasteiger partial charge in [-0.15, -0.1) is 0 Å². The molecule has 0 saturated heterocycles. The molecule has 0 fully saturated rings. The van der Waals surface area contributed by atoms with Crippen molar-refractivity contribution >= 4 is 11.6 Å². The number of benzene rings is 1. The molecule has 0 saturated carbocycles. The van der Waals surface area contributed by atoms with Crippen molar-refractivity contribution in [3.8, 4) is 11.5 Å². The molecule has 6 heteroatoms. The Balaban J connectivity index is 1.65. The molecule has 130 valence electrons. The van der Waals surface area contributed by atoms with Gasteiger partial charge in [-0.3, -0.25) is 4.98 Å². The van der Waals surface area contributed by atoms with Gasteiger partial charge in [0.1, 0.15) is 12.4 Å². The normalized spacial score (nSPS) is 10.6. The molecule has 5 nitrogen and oxygen atoms in total. The van der Waals surface area contributed by atoms with E-state index in [9.17, 15) is 0 Å². The maximum Gasteiger partial charge on any atom is 0.180 e. The Labute approximate surface area is 151 Å². The standard InChI is InChI=1S/C19H19ClN2O3/c1-23-18-9-15(11-22-12-16-5-3-7-24-16)8-17(20)19(18)25-13-14-4-2-6-21-10-14/h2-10,22H,11-13H2,1H3. The third kappa shape index (κ3) is 4.75. The van der Waals surface area contributed by atoms with Crippen molar-refractivity contribution in [1.29, 1.82) is 0 Å². The van der Waals surface area contributed by atoms with Gasteiger partial charge in [0.2, 0.25) is 0 Å². The topological polar surface area (TPSA) is 56.5 Å². The Bertz CT molecular complexity index is 792. The molecule has 2 heterocycles. The first-order chi connectivity index (χ1) is 12.3. The van der Waals surface area contributed by atoms with Crippen LogP contribution < -0.4 is 14.8 Å². The summed E-state index contributed by atoms with van der Waals surface area (Å²) < 4.78 is 16.6. The van der Waals surface area contributed by atoms with Crippen LogP contribution in [0.25, 0.3) is 0 Å². The number of furan rings is 1. The minimum absolute atomic E-state index is 0.375. The fraction of sp³-hybridized carbons (Fsp3) is 0.211. The Morgan fingerprint density at radius 1 is 1.16 bits per heavy atom. The first-order valence-corrected chi connectivity index (χ1v) is 8.25.